The normalized spacial score (nSPS) is 6.62. The molecule has 0 N–H and O–H groups in total. The molecule has 0 bridgehead atoms. The van der Waals surface area contributed by atoms with Gasteiger partial charge in [-0.2, -0.15) is 0 Å². The van der Waals surface area contributed by atoms with Gasteiger partial charge in [-0.15, -0.1) is 0 Å². The third-order valence-electron chi connectivity index (χ3n) is 0.566. The molecular formula is C5H7BFN. The molecule has 1 nitrogen and oxygen atoms in total. The molecule has 1 aromatic rings. The number of hydrogen-bond acceptors (Lipinski definition) is 1. The zero-order valence-electron chi connectivity index (χ0n) is 4.71. The van der Waals surface area contributed by atoms with E-state index in [0.29, 0.717) is 8.12 Å². The van der Waals surface area contributed by atoms with Crippen LogP contribution in [0.25, 0.3) is 0 Å². The first-order valence-corrected chi connectivity index (χ1v) is 2.23. The SMILES string of the molecule is BF.c1ccncc1. The number of hydrogen-bond donors (Lipinski definition) is 0. The minimum Gasteiger partial charge on any atom is -0.347 e. The molecular weight excluding hydrogens is 104 g/mol. The third kappa shape index (κ3) is 3.34. The maximum absolute atomic E-state index is 9.50. The summed E-state index contributed by atoms with van der Waals surface area (Å²) < 4.78 is 9.50. The van der Waals surface area contributed by atoms with Crippen LogP contribution in [-0.4, -0.2) is 13.1 Å². The first kappa shape index (κ1) is 7.14. The van der Waals surface area contributed by atoms with Crippen molar-refractivity contribution in [3.63, 3.8) is 0 Å². The second kappa shape index (κ2) is 6.14. The number of pyridine rings is 1. The van der Waals surface area contributed by atoms with E-state index in [1.165, 1.54) is 0 Å². The predicted octanol–water partition coefficient (Wildman–Crippen LogP) is 0.586. The minimum atomic E-state index is 0.500. The van der Waals surface area contributed by atoms with Crippen molar-refractivity contribution in [3.8, 4) is 0 Å². The van der Waals surface area contributed by atoms with Gasteiger partial charge >= 0.3 is 8.12 Å². The highest BCUT2D eigenvalue weighted by atomic mass is 19.1. The number of halogens is 1. The average molecular weight is 111 g/mol. The van der Waals surface area contributed by atoms with Crippen LogP contribution in [0.3, 0.4) is 0 Å². The molecule has 0 spiro atoms. The van der Waals surface area contributed by atoms with Crippen LogP contribution in [0.15, 0.2) is 30.6 Å². The number of aromatic nitrogens is 1. The van der Waals surface area contributed by atoms with Crippen LogP contribution in [0.2, 0.25) is 0 Å². The summed E-state index contributed by atoms with van der Waals surface area (Å²) in [4.78, 5) is 3.78. The predicted molar refractivity (Wildman–Crippen MR) is 33.9 cm³/mol. The van der Waals surface area contributed by atoms with Gasteiger partial charge in [0.1, 0.15) is 0 Å². The molecule has 0 saturated heterocycles. The molecule has 0 amide bonds. The summed E-state index contributed by atoms with van der Waals surface area (Å²) in [6, 6.07) is 5.72. The molecule has 0 aliphatic rings. The van der Waals surface area contributed by atoms with E-state index in [4.69, 9.17) is 0 Å². The van der Waals surface area contributed by atoms with Gasteiger partial charge in [0.2, 0.25) is 0 Å². The molecule has 3 heteroatoms. The van der Waals surface area contributed by atoms with Gasteiger partial charge in [-0.25, -0.2) is 0 Å². The van der Waals surface area contributed by atoms with Crippen molar-refractivity contribution in [2.24, 2.45) is 0 Å². The van der Waals surface area contributed by atoms with Gasteiger partial charge in [-0.05, 0) is 12.1 Å². The molecule has 0 fully saturated rings. The molecule has 0 radical (unpaired) electrons. The Kier molecular flexibility index (Phi) is 5.49. The molecule has 1 rings (SSSR count). The first-order chi connectivity index (χ1) is 4.00. The molecule has 0 aliphatic heterocycles. The van der Waals surface area contributed by atoms with Crippen LogP contribution in [0, 0.1) is 0 Å². The maximum atomic E-state index is 9.50. The smallest absolute Gasteiger partial charge is 0.314 e. The Morgan fingerprint density at radius 2 is 1.50 bits per heavy atom. The minimum absolute atomic E-state index is 0.500. The van der Waals surface area contributed by atoms with Gasteiger partial charge in [0, 0.05) is 12.4 Å². The van der Waals surface area contributed by atoms with E-state index in [9.17, 15) is 4.32 Å². The lowest BCUT2D eigenvalue weighted by Gasteiger charge is -1.70. The molecule has 0 unspecified atom stereocenters. The van der Waals surface area contributed by atoms with Crippen molar-refractivity contribution in [2.75, 3.05) is 0 Å². The van der Waals surface area contributed by atoms with E-state index >= 15 is 0 Å². The largest absolute Gasteiger partial charge is 0.347 e. The van der Waals surface area contributed by atoms with Crippen LogP contribution in [0.5, 0.6) is 0 Å². The molecule has 0 atom stereocenters. The van der Waals surface area contributed by atoms with Gasteiger partial charge in [-0.3, -0.25) is 4.98 Å². The molecule has 0 aromatic carbocycles. The molecule has 1 heterocycles. The zero-order valence-corrected chi connectivity index (χ0v) is 4.71. The van der Waals surface area contributed by atoms with E-state index in [-0.39, 0.29) is 0 Å². The van der Waals surface area contributed by atoms with Crippen LogP contribution < -0.4 is 0 Å². The quantitative estimate of drug-likeness (QED) is 0.446. The molecule has 42 valence electrons. The fraction of sp³-hybridized carbons (Fsp3) is 0. The van der Waals surface area contributed by atoms with Crippen LogP contribution in [0.1, 0.15) is 0 Å². The van der Waals surface area contributed by atoms with Gasteiger partial charge < -0.3 is 4.32 Å². The second-order valence-corrected chi connectivity index (χ2v) is 1.02. The molecule has 1 aromatic heterocycles. The second-order valence-electron chi connectivity index (χ2n) is 1.02. The summed E-state index contributed by atoms with van der Waals surface area (Å²) in [6.45, 7) is 0. The molecule has 0 saturated carbocycles. The van der Waals surface area contributed by atoms with Crippen molar-refractivity contribution in [2.45, 2.75) is 0 Å². The number of nitrogens with zero attached hydrogens (tertiary/aromatic N) is 1. The first-order valence-electron chi connectivity index (χ1n) is 2.23. The average Bonchev–Trinajstić information content (AvgIpc) is 1.96. The zero-order chi connectivity index (χ0) is 6.24. The lowest BCUT2D eigenvalue weighted by Crippen LogP contribution is -1.58. The van der Waals surface area contributed by atoms with Gasteiger partial charge in [0.05, 0.1) is 0 Å². The number of rotatable bonds is 0. The van der Waals surface area contributed by atoms with E-state index in [0.717, 1.165) is 0 Å². The van der Waals surface area contributed by atoms with Crippen molar-refractivity contribution in [1.29, 1.82) is 0 Å². The van der Waals surface area contributed by atoms with E-state index in [1.54, 1.807) is 12.4 Å². The summed E-state index contributed by atoms with van der Waals surface area (Å²) in [6.07, 6.45) is 3.50. The Balaban J connectivity index is 0.000000222. The van der Waals surface area contributed by atoms with Crippen molar-refractivity contribution >= 4 is 8.12 Å². The topological polar surface area (TPSA) is 12.9 Å². The lowest BCUT2D eigenvalue weighted by molar-refractivity contribution is 0.902. The van der Waals surface area contributed by atoms with Gasteiger partial charge in [-0.1, -0.05) is 6.07 Å². The summed E-state index contributed by atoms with van der Waals surface area (Å²) in [7, 11) is 0.500. The molecule has 8 heavy (non-hydrogen) atoms. The Morgan fingerprint density at radius 1 is 1.00 bits per heavy atom. The van der Waals surface area contributed by atoms with Gasteiger partial charge in [0.15, 0.2) is 0 Å². The third-order valence-corrected chi connectivity index (χ3v) is 0.566. The Hall–Kier alpha value is -0.855. The fourth-order valence-corrected chi connectivity index (χ4v) is 0.313. The van der Waals surface area contributed by atoms with Crippen molar-refractivity contribution in [3.05, 3.63) is 30.6 Å². The fourth-order valence-electron chi connectivity index (χ4n) is 0.313. The summed E-state index contributed by atoms with van der Waals surface area (Å²) in [5.74, 6) is 0. The maximum Gasteiger partial charge on any atom is 0.314 e. The Labute approximate surface area is 49.0 Å². The van der Waals surface area contributed by atoms with Crippen LogP contribution in [-0.2, 0) is 0 Å². The Bertz CT molecular complexity index is 84.4. The van der Waals surface area contributed by atoms with E-state index < -0.39 is 0 Å². The van der Waals surface area contributed by atoms with Gasteiger partial charge in [0.25, 0.3) is 0 Å². The highest BCUT2D eigenvalue weighted by Crippen LogP contribution is 1.73. The Morgan fingerprint density at radius 3 is 1.62 bits per heavy atom. The van der Waals surface area contributed by atoms with Crippen LogP contribution in [0.4, 0.5) is 4.32 Å². The van der Waals surface area contributed by atoms with Crippen molar-refractivity contribution < 1.29 is 4.32 Å². The highest BCUT2D eigenvalue weighted by Gasteiger charge is 1.58. The summed E-state index contributed by atoms with van der Waals surface area (Å²) >= 11 is 0. The molecule has 0 aliphatic carbocycles. The summed E-state index contributed by atoms with van der Waals surface area (Å²) in [5, 5.41) is 0. The monoisotopic (exact) mass is 111 g/mol. The van der Waals surface area contributed by atoms with E-state index in [2.05, 4.69) is 4.98 Å². The van der Waals surface area contributed by atoms with Crippen LogP contribution >= 0.6 is 0 Å². The van der Waals surface area contributed by atoms with E-state index in [1.807, 2.05) is 18.2 Å². The van der Waals surface area contributed by atoms with Crippen molar-refractivity contribution in [1.82, 2.24) is 4.98 Å². The highest BCUT2D eigenvalue weighted by molar-refractivity contribution is 5.96. The standard InChI is InChI=1S/C5H5N.BFH2/c1-2-4-6-5-3-1;1-2/h1-5H;1H2. The lowest BCUT2D eigenvalue weighted by atomic mass is 10.5. The summed E-state index contributed by atoms with van der Waals surface area (Å²) in [5.41, 5.74) is 0.